The first-order valence-corrected chi connectivity index (χ1v) is 8.43. The number of hydrogen-bond acceptors (Lipinski definition) is 4. The fraction of sp³-hybridized carbons (Fsp3) is 0.357. The molecule has 0 aliphatic heterocycles. The number of aryl methyl sites for hydroxylation is 2. The molecule has 110 valence electrons. The van der Waals surface area contributed by atoms with Gasteiger partial charge in [-0.2, -0.15) is 5.10 Å². The molecule has 2 aromatic heterocycles. The number of fused-ring (bicyclic) bond motifs is 1. The molecule has 0 fully saturated rings. The number of aromatic nitrogens is 2. The van der Waals surface area contributed by atoms with Crippen LogP contribution in [0, 0.1) is 0 Å². The molecule has 1 aliphatic carbocycles. The first-order chi connectivity index (χ1) is 10.1. The van der Waals surface area contributed by atoms with Crippen LogP contribution >= 0.6 is 27.3 Å². The minimum atomic E-state index is -0.125. The van der Waals surface area contributed by atoms with Crippen molar-refractivity contribution in [3.63, 3.8) is 0 Å². The largest absolute Gasteiger partial charge is 0.349 e. The molecule has 0 bridgehead atoms. The molecule has 0 saturated heterocycles. The van der Waals surface area contributed by atoms with Crippen LogP contribution in [0.15, 0.2) is 26.8 Å². The van der Waals surface area contributed by atoms with Crippen LogP contribution in [0.5, 0.6) is 0 Å². The summed E-state index contributed by atoms with van der Waals surface area (Å²) in [5.74, 6) is -0.125. The summed E-state index contributed by atoms with van der Waals surface area (Å²) in [6.45, 7) is 0.782. The van der Waals surface area contributed by atoms with E-state index in [1.807, 2.05) is 5.38 Å². The van der Waals surface area contributed by atoms with Gasteiger partial charge in [-0.25, -0.2) is 4.68 Å². The highest BCUT2D eigenvalue weighted by molar-refractivity contribution is 9.10. The summed E-state index contributed by atoms with van der Waals surface area (Å²) in [4.78, 5) is 24.5. The Bertz CT molecular complexity index is 738. The van der Waals surface area contributed by atoms with E-state index in [-0.39, 0.29) is 11.5 Å². The van der Waals surface area contributed by atoms with E-state index in [4.69, 9.17) is 0 Å². The van der Waals surface area contributed by atoms with Crippen LogP contribution in [-0.4, -0.2) is 22.2 Å². The normalized spacial score (nSPS) is 13.2. The molecule has 0 aromatic carbocycles. The van der Waals surface area contributed by atoms with E-state index < -0.39 is 0 Å². The molecule has 1 amide bonds. The van der Waals surface area contributed by atoms with Gasteiger partial charge >= 0.3 is 0 Å². The van der Waals surface area contributed by atoms with Gasteiger partial charge in [0.25, 0.3) is 11.5 Å². The van der Waals surface area contributed by atoms with Crippen LogP contribution in [0.25, 0.3) is 0 Å². The van der Waals surface area contributed by atoms with E-state index in [1.54, 1.807) is 12.1 Å². The minimum absolute atomic E-state index is 0.0937. The number of nitrogens with zero attached hydrogens (tertiary/aromatic N) is 2. The number of carbonyl (C=O) groups is 1. The summed E-state index contributed by atoms with van der Waals surface area (Å²) in [6, 6.07) is 3.45. The molecule has 3 rings (SSSR count). The van der Waals surface area contributed by atoms with Crippen LogP contribution < -0.4 is 10.9 Å². The van der Waals surface area contributed by atoms with Crippen molar-refractivity contribution in [2.45, 2.75) is 25.8 Å². The molecule has 0 radical (unpaired) electrons. The monoisotopic (exact) mass is 367 g/mol. The molecule has 0 spiro atoms. The van der Waals surface area contributed by atoms with Crippen LogP contribution in [0.3, 0.4) is 0 Å². The Morgan fingerprint density at radius 2 is 2.29 bits per heavy atom. The molecular weight excluding hydrogens is 354 g/mol. The highest BCUT2D eigenvalue weighted by atomic mass is 79.9. The van der Waals surface area contributed by atoms with Crippen LogP contribution in [0.1, 0.15) is 27.3 Å². The summed E-state index contributed by atoms with van der Waals surface area (Å²) in [6.07, 6.45) is 2.95. The predicted octanol–water partition coefficient (Wildman–Crippen LogP) is 1.99. The lowest BCUT2D eigenvalue weighted by atomic mass is 10.2. The van der Waals surface area contributed by atoms with Gasteiger partial charge in [-0.3, -0.25) is 9.59 Å². The minimum Gasteiger partial charge on any atom is -0.349 e. The Kier molecular flexibility index (Phi) is 4.21. The van der Waals surface area contributed by atoms with Crippen molar-refractivity contribution >= 4 is 33.2 Å². The molecule has 2 heterocycles. The summed E-state index contributed by atoms with van der Waals surface area (Å²) in [5, 5.41) is 9.04. The number of carbonyl (C=O) groups excluding carboxylic acids is 1. The second-order valence-corrected chi connectivity index (χ2v) is 6.74. The topological polar surface area (TPSA) is 64.0 Å². The van der Waals surface area contributed by atoms with Crippen molar-refractivity contribution in [3.8, 4) is 0 Å². The Morgan fingerprint density at radius 3 is 3.05 bits per heavy atom. The first-order valence-electron chi connectivity index (χ1n) is 6.75. The van der Waals surface area contributed by atoms with Gasteiger partial charge in [-0.15, -0.1) is 11.3 Å². The third kappa shape index (κ3) is 3.24. The SMILES string of the molecule is O=C(NCCn1nc2c(cc1=O)CCC2)c1cc(Br)cs1. The Labute approximate surface area is 134 Å². The van der Waals surface area contributed by atoms with Crippen molar-refractivity contribution in [1.29, 1.82) is 0 Å². The third-order valence-corrected chi connectivity index (χ3v) is 5.11. The molecule has 1 aliphatic rings. The van der Waals surface area contributed by atoms with Gasteiger partial charge in [0.2, 0.25) is 0 Å². The van der Waals surface area contributed by atoms with Gasteiger partial charge in [0.15, 0.2) is 0 Å². The average molecular weight is 368 g/mol. The zero-order valence-electron chi connectivity index (χ0n) is 11.3. The maximum absolute atomic E-state index is 11.9. The number of amides is 1. The van der Waals surface area contributed by atoms with Gasteiger partial charge in [0.05, 0.1) is 17.1 Å². The van der Waals surface area contributed by atoms with E-state index in [2.05, 4.69) is 26.3 Å². The number of halogens is 1. The Balaban J connectivity index is 1.61. The van der Waals surface area contributed by atoms with Crippen LogP contribution in [0.4, 0.5) is 0 Å². The van der Waals surface area contributed by atoms with E-state index >= 15 is 0 Å². The molecule has 2 aromatic rings. The molecule has 1 N–H and O–H groups in total. The van der Waals surface area contributed by atoms with E-state index in [0.717, 1.165) is 35.0 Å². The summed E-state index contributed by atoms with van der Waals surface area (Å²) < 4.78 is 2.34. The summed E-state index contributed by atoms with van der Waals surface area (Å²) in [7, 11) is 0. The highest BCUT2D eigenvalue weighted by Gasteiger charge is 2.14. The van der Waals surface area contributed by atoms with Crippen LogP contribution in [-0.2, 0) is 19.4 Å². The highest BCUT2D eigenvalue weighted by Crippen LogP contribution is 2.19. The fourth-order valence-electron chi connectivity index (χ4n) is 2.39. The maximum Gasteiger partial charge on any atom is 0.267 e. The maximum atomic E-state index is 11.9. The quantitative estimate of drug-likeness (QED) is 0.898. The molecule has 21 heavy (non-hydrogen) atoms. The zero-order valence-corrected chi connectivity index (χ0v) is 13.7. The van der Waals surface area contributed by atoms with Gasteiger partial charge in [0.1, 0.15) is 0 Å². The number of hydrogen-bond donors (Lipinski definition) is 1. The number of thiophene rings is 1. The lowest BCUT2D eigenvalue weighted by Crippen LogP contribution is -2.32. The molecular formula is C14H14BrN3O2S. The molecule has 5 nitrogen and oxygen atoms in total. The van der Waals surface area contributed by atoms with Crippen molar-refractivity contribution in [3.05, 3.63) is 48.5 Å². The van der Waals surface area contributed by atoms with E-state index in [9.17, 15) is 9.59 Å². The third-order valence-electron chi connectivity index (χ3n) is 3.42. The zero-order chi connectivity index (χ0) is 14.8. The molecule has 0 atom stereocenters. The van der Waals surface area contributed by atoms with Gasteiger partial charge in [0, 0.05) is 22.5 Å². The van der Waals surface area contributed by atoms with Gasteiger partial charge in [-0.05, 0) is 46.8 Å². The Morgan fingerprint density at radius 1 is 1.43 bits per heavy atom. The number of rotatable bonds is 4. The lowest BCUT2D eigenvalue weighted by molar-refractivity contribution is 0.0955. The standard InChI is InChI=1S/C14H14BrN3O2S/c15-10-7-12(21-8-10)14(20)16-4-5-18-13(19)6-9-2-1-3-11(9)17-18/h6-8H,1-5H2,(H,16,20). The second-order valence-electron chi connectivity index (χ2n) is 4.92. The lowest BCUT2D eigenvalue weighted by Gasteiger charge is -2.07. The van der Waals surface area contributed by atoms with Gasteiger partial charge in [-0.1, -0.05) is 0 Å². The molecule has 7 heteroatoms. The molecule has 0 saturated carbocycles. The second kappa shape index (κ2) is 6.11. The van der Waals surface area contributed by atoms with E-state index in [0.29, 0.717) is 18.0 Å². The fourth-order valence-corrected chi connectivity index (χ4v) is 3.74. The van der Waals surface area contributed by atoms with Gasteiger partial charge < -0.3 is 5.32 Å². The Hall–Kier alpha value is -1.47. The number of nitrogens with one attached hydrogen (secondary N) is 1. The summed E-state index contributed by atoms with van der Waals surface area (Å²) >= 11 is 4.70. The first kappa shape index (κ1) is 14.5. The van der Waals surface area contributed by atoms with Crippen molar-refractivity contribution < 1.29 is 4.79 Å². The summed E-state index contributed by atoms with van der Waals surface area (Å²) in [5.41, 5.74) is 2.00. The molecule has 0 unspecified atom stereocenters. The smallest absolute Gasteiger partial charge is 0.267 e. The van der Waals surface area contributed by atoms with Crippen molar-refractivity contribution in [2.24, 2.45) is 0 Å². The van der Waals surface area contributed by atoms with Crippen molar-refractivity contribution in [1.82, 2.24) is 15.1 Å². The van der Waals surface area contributed by atoms with Crippen LogP contribution in [0.2, 0.25) is 0 Å². The van der Waals surface area contributed by atoms with Crippen molar-refractivity contribution in [2.75, 3.05) is 6.54 Å². The van der Waals surface area contributed by atoms with E-state index in [1.165, 1.54) is 16.0 Å². The predicted molar refractivity (Wildman–Crippen MR) is 84.9 cm³/mol. The average Bonchev–Trinajstić information content (AvgIpc) is 3.07.